The molecule has 0 radical (unpaired) electrons. The number of thiazole rings is 1. The SMILES string of the molecule is Nc1csc(-c2ccccc2CO)n1. The second-order valence-corrected chi connectivity index (χ2v) is 3.75. The lowest BCUT2D eigenvalue weighted by atomic mass is 10.1. The third-order valence-electron chi connectivity index (χ3n) is 1.94. The van der Waals surface area contributed by atoms with E-state index in [0.717, 1.165) is 16.1 Å². The summed E-state index contributed by atoms with van der Waals surface area (Å²) >= 11 is 1.48. The fourth-order valence-corrected chi connectivity index (χ4v) is 2.05. The molecule has 0 aliphatic heterocycles. The highest BCUT2D eigenvalue weighted by molar-refractivity contribution is 7.13. The minimum absolute atomic E-state index is 0.0235. The third kappa shape index (κ3) is 1.62. The fourth-order valence-electron chi connectivity index (χ4n) is 1.28. The van der Waals surface area contributed by atoms with Crippen molar-refractivity contribution in [1.29, 1.82) is 0 Å². The molecule has 1 aromatic heterocycles. The summed E-state index contributed by atoms with van der Waals surface area (Å²) in [4.78, 5) is 4.17. The predicted molar refractivity (Wildman–Crippen MR) is 57.9 cm³/mol. The van der Waals surface area contributed by atoms with Crippen LogP contribution in [0.1, 0.15) is 5.56 Å². The molecule has 14 heavy (non-hydrogen) atoms. The van der Waals surface area contributed by atoms with Gasteiger partial charge in [0.05, 0.1) is 6.61 Å². The molecule has 2 aromatic rings. The standard InChI is InChI=1S/C10H10N2OS/c11-9-6-14-10(12-9)8-4-2-1-3-7(8)5-13/h1-4,6,13H,5,11H2. The van der Waals surface area contributed by atoms with Gasteiger partial charge in [0.25, 0.3) is 0 Å². The molecular formula is C10H10N2OS. The summed E-state index contributed by atoms with van der Waals surface area (Å²) in [6.45, 7) is 0.0235. The number of nitrogen functional groups attached to an aromatic ring is 1. The lowest BCUT2D eigenvalue weighted by molar-refractivity contribution is 0.282. The number of benzene rings is 1. The van der Waals surface area contributed by atoms with E-state index in [1.54, 1.807) is 5.38 Å². The van der Waals surface area contributed by atoms with Crippen molar-refractivity contribution >= 4 is 17.2 Å². The van der Waals surface area contributed by atoms with E-state index in [4.69, 9.17) is 10.8 Å². The largest absolute Gasteiger partial charge is 0.392 e. The molecule has 1 aromatic carbocycles. The first-order valence-electron chi connectivity index (χ1n) is 4.21. The smallest absolute Gasteiger partial charge is 0.135 e. The summed E-state index contributed by atoms with van der Waals surface area (Å²) in [6.07, 6.45) is 0. The lowest BCUT2D eigenvalue weighted by Crippen LogP contribution is -1.89. The molecule has 0 saturated carbocycles. The van der Waals surface area contributed by atoms with Gasteiger partial charge in [-0.3, -0.25) is 0 Å². The Kier molecular flexibility index (Phi) is 2.47. The van der Waals surface area contributed by atoms with E-state index < -0.39 is 0 Å². The molecule has 72 valence electrons. The van der Waals surface area contributed by atoms with Crippen molar-refractivity contribution in [3.05, 3.63) is 35.2 Å². The molecule has 0 bridgehead atoms. The Morgan fingerprint density at radius 3 is 2.79 bits per heavy atom. The Morgan fingerprint density at radius 2 is 2.14 bits per heavy atom. The maximum Gasteiger partial charge on any atom is 0.135 e. The molecule has 0 amide bonds. The average molecular weight is 206 g/mol. The number of hydrogen-bond acceptors (Lipinski definition) is 4. The fraction of sp³-hybridized carbons (Fsp3) is 0.100. The Labute approximate surface area is 85.8 Å². The van der Waals surface area contributed by atoms with E-state index in [-0.39, 0.29) is 6.61 Å². The summed E-state index contributed by atoms with van der Waals surface area (Å²) < 4.78 is 0. The molecule has 0 aliphatic rings. The van der Waals surface area contributed by atoms with Gasteiger partial charge in [-0.2, -0.15) is 0 Å². The van der Waals surface area contributed by atoms with Crippen LogP contribution in [0.4, 0.5) is 5.82 Å². The third-order valence-corrected chi connectivity index (χ3v) is 2.83. The Bertz CT molecular complexity index is 439. The van der Waals surface area contributed by atoms with E-state index in [0.29, 0.717) is 5.82 Å². The van der Waals surface area contributed by atoms with Gasteiger partial charge in [0.2, 0.25) is 0 Å². The zero-order valence-electron chi connectivity index (χ0n) is 7.47. The van der Waals surface area contributed by atoms with Crippen molar-refractivity contribution in [2.24, 2.45) is 0 Å². The zero-order valence-corrected chi connectivity index (χ0v) is 8.29. The van der Waals surface area contributed by atoms with Crippen molar-refractivity contribution in [3.63, 3.8) is 0 Å². The summed E-state index contributed by atoms with van der Waals surface area (Å²) in [7, 11) is 0. The van der Waals surface area contributed by atoms with Gasteiger partial charge in [-0.15, -0.1) is 11.3 Å². The topological polar surface area (TPSA) is 59.1 Å². The van der Waals surface area contributed by atoms with Gasteiger partial charge in [-0.1, -0.05) is 24.3 Å². The number of nitrogens with two attached hydrogens (primary N) is 1. The van der Waals surface area contributed by atoms with Crippen LogP contribution >= 0.6 is 11.3 Å². The van der Waals surface area contributed by atoms with E-state index in [1.807, 2.05) is 24.3 Å². The number of hydrogen-bond donors (Lipinski definition) is 2. The number of aliphatic hydroxyl groups excluding tert-OH is 1. The lowest BCUT2D eigenvalue weighted by Gasteiger charge is -2.02. The molecule has 0 unspecified atom stereocenters. The summed E-state index contributed by atoms with van der Waals surface area (Å²) in [5.41, 5.74) is 7.38. The van der Waals surface area contributed by atoms with Crippen molar-refractivity contribution in [2.75, 3.05) is 5.73 Å². The highest BCUT2D eigenvalue weighted by Crippen LogP contribution is 2.27. The normalized spacial score (nSPS) is 10.4. The van der Waals surface area contributed by atoms with Crippen LogP contribution in [-0.4, -0.2) is 10.1 Å². The molecule has 2 rings (SSSR count). The Balaban J connectivity index is 2.50. The van der Waals surface area contributed by atoms with Crippen molar-refractivity contribution in [2.45, 2.75) is 6.61 Å². The van der Waals surface area contributed by atoms with Gasteiger partial charge in [-0.05, 0) is 5.56 Å². The summed E-state index contributed by atoms with van der Waals surface area (Å²) in [5.74, 6) is 0.526. The van der Waals surface area contributed by atoms with Crippen LogP contribution in [0.25, 0.3) is 10.6 Å². The first kappa shape index (κ1) is 9.18. The van der Waals surface area contributed by atoms with Crippen LogP contribution in [0.15, 0.2) is 29.6 Å². The number of nitrogens with zero attached hydrogens (tertiary/aromatic N) is 1. The van der Waals surface area contributed by atoms with Crippen LogP contribution in [0.5, 0.6) is 0 Å². The van der Waals surface area contributed by atoms with Crippen LogP contribution in [0, 0.1) is 0 Å². The van der Waals surface area contributed by atoms with Gasteiger partial charge in [0.1, 0.15) is 10.8 Å². The quantitative estimate of drug-likeness (QED) is 0.788. The van der Waals surface area contributed by atoms with Crippen LogP contribution < -0.4 is 5.73 Å². The zero-order chi connectivity index (χ0) is 9.97. The number of rotatable bonds is 2. The second-order valence-electron chi connectivity index (χ2n) is 2.89. The predicted octanol–water partition coefficient (Wildman–Crippen LogP) is 1.88. The highest BCUT2D eigenvalue weighted by atomic mass is 32.1. The highest BCUT2D eigenvalue weighted by Gasteiger charge is 2.06. The molecular weight excluding hydrogens is 196 g/mol. The van der Waals surface area contributed by atoms with Gasteiger partial charge < -0.3 is 10.8 Å². The Morgan fingerprint density at radius 1 is 1.36 bits per heavy atom. The van der Waals surface area contributed by atoms with Crippen LogP contribution in [0.3, 0.4) is 0 Å². The molecule has 0 aliphatic carbocycles. The first-order chi connectivity index (χ1) is 6.81. The molecule has 4 heteroatoms. The molecule has 3 nitrogen and oxygen atoms in total. The van der Waals surface area contributed by atoms with Gasteiger partial charge in [0.15, 0.2) is 0 Å². The molecule has 0 saturated heterocycles. The molecule has 1 heterocycles. The summed E-state index contributed by atoms with van der Waals surface area (Å²) in [5, 5.41) is 11.8. The van der Waals surface area contributed by atoms with E-state index >= 15 is 0 Å². The van der Waals surface area contributed by atoms with Crippen molar-refractivity contribution in [1.82, 2.24) is 4.98 Å². The maximum absolute atomic E-state index is 9.13. The number of aromatic nitrogens is 1. The minimum Gasteiger partial charge on any atom is -0.392 e. The summed E-state index contributed by atoms with van der Waals surface area (Å²) in [6, 6.07) is 7.63. The Hall–Kier alpha value is -1.39. The molecule has 0 fully saturated rings. The number of anilines is 1. The number of aliphatic hydroxyl groups is 1. The van der Waals surface area contributed by atoms with Crippen LogP contribution in [0.2, 0.25) is 0 Å². The molecule has 0 atom stereocenters. The van der Waals surface area contributed by atoms with Gasteiger partial charge in [-0.25, -0.2) is 4.98 Å². The van der Waals surface area contributed by atoms with E-state index in [2.05, 4.69) is 4.98 Å². The first-order valence-corrected chi connectivity index (χ1v) is 5.09. The molecule has 3 N–H and O–H groups in total. The molecule has 0 spiro atoms. The minimum atomic E-state index is 0.0235. The van der Waals surface area contributed by atoms with Crippen LogP contribution in [-0.2, 0) is 6.61 Å². The maximum atomic E-state index is 9.13. The van der Waals surface area contributed by atoms with Crippen molar-refractivity contribution < 1.29 is 5.11 Å². The van der Waals surface area contributed by atoms with Gasteiger partial charge >= 0.3 is 0 Å². The monoisotopic (exact) mass is 206 g/mol. The van der Waals surface area contributed by atoms with Crippen molar-refractivity contribution in [3.8, 4) is 10.6 Å². The van der Waals surface area contributed by atoms with E-state index in [1.165, 1.54) is 11.3 Å². The van der Waals surface area contributed by atoms with E-state index in [9.17, 15) is 0 Å². The van der Waals surface area contributed by atoms with Gasteiger partial charge in [0, 0.05) is 10.9 Å². The second kappa shape index (κ2) is 3.77. The average Bonchev–Trinajstić information content (AvgIpc) is 2.65.